The summed E-state index contributed by atoms with van der Waals surface area (Å²) in [6.45, 7) is 4.85. The molecule has 2 rings (SSSR count). The first kappa shape index (κ1) is 15.3. The van der Waals surface area contributed by atoms with Crippen LogP contribution < -0.4 is 0 Å². The van der Waals surface area contributed by atoms with E-state index >= 15 is 0 Å². The summed E-state index contributed by atoms with van der Waals surface area (Å²) in [7, 11) is -1.06. The van der Waals surface area contributed by atoms with E-state index in [9.17, 15) is 13.2 Å². The Kier molecular flexibility index (Phi) is 3.66. The van der Waals surface area contributed by atoms with Crippen molar-refractivity contribution in [2.75, 3.05) is 7.05 Å². The predicted octanol–water partition coefficient (Wildman–Crippen LogP) is 1.40. The molecule has 0 saturated carbocycles. The number of rotatable bonds is 3. The van der Waals surface area contributed by atoms with Gasteiger partial charge in [0.2, 0.25) is 0 Å². The maximum atomic E-state index is 12.6. The highest BCUT2D eigenvalue weighted by atomic mass is 32.2. The van der Waals surface area contributed by atoms with Gasteiger partial charge in [0.1, 0.15) is 11.4 Å². The van der Waals surface area contributed by atoms with E-state index in [2.05, 4.69) is 5.16 Å². The number of amides is 1. The molecule has 0 bridgehead atoms. The Balaban J connectivity index is 2.46. The summed E-state index contributed by atoms with van der Waals surface area (Å²) in [5, 5.41) is 3.62. The summed E-state index contributed by atoms with van der Waals surface area (Å²) in [6.07, 6.45) is 0. The highest BCUT2D eigenvalue weighted by Crippen LogP contribution is 2.23. The fraction of sp³-hybridized carbons (Fsp3) is 0.385. The van der Waals surface area contributed by atoms with Gasteiger partial charge in [-0.3, -0.25) is 4.79 Å². The van der Waals surface area contributed by atoms with Crippen LogP contribution in [-0.4, -0.2) is 35.4 Å². The average Bonchev–Trinajstić information content (AvgIpc) is 2.92. The van der Waals surface area contributed by atoms with Crippen LogP contribution in [0.1, 0.15) is 27.6 Å². The van der Waals surface area contributed by atoms with Crippen molar-refractivity contribution in [1.29, 1.82) is 0 Å². The molecule has 2 aromatic rings. The van der Waals surface area contributed by atoms with Crippen molar-refractivity contribution in [3.8, 4) is 0 Å². The second-order valence-electron chi connectivity index (χ2n) is 4.85. The summed E-state index contributed by atoms with van der Waals surface area (Å²) in [4.78, 5) is 12.4. The molecule has 0 N–H and O–H groups in total. The molecule has 114 valence electrons. The number of carbonyl (C=O) groups is 1. The predicted molar refractivity (Wildman–Crippen MR) is 75.4 cm³/mol. The molecule has 0 radical (unpaired) electrons. The number of nitrogens with zero attached hydrogens (tertiary/aromatic N) is 3. The van der Waals surface area contributed by atoms with Gasteiger partial charge in [-0.1, -0.05) is 5.16 Å². The Morgan fingerprint density at radius 1 is 1.29 bits per heavy atom. The molecule has 0 aliphatic rings. The lowest BCUT2D eigenvalue weighted by molar-refractivity contribution is 0.0874. The quantitative estimate of drug-likeness (QED) is 0.855. The van der Waals surface area contributed by atoms with Crippen molar-refractivity contribution in [3.05, 3.63) is 35.0 Å². The smallest absolute Gasteiger partial charge is 0.283 e. The van der Waals surface area contributed by atoms with Crippen molar-refractivity contribution >= 4 is 15.9 Å². The van der Waals surface area contributed by atoms with Crippen LogP contribution in [0.4, 0.5) is 0 Å². The van der Waals surface area contributed by atoms with Gasteiger partial charge >= 0.3 is 0 Å². The summed E-state index contributed by atoms with van der Waals surface area (Å²) in [6, 6.07) is 3.35. The highest BCUT2D eigenvalue weighted by Gasteiger charge is 2.33. The van der Waals surface area contributed by atoms with Gasteiger partial charge in [-0.05, 0) is 32.9 Å². The zero-order valence-electron chi connectivity index (χ0n) is 12.5. The Morgan fingerprint density at radius 2 is 1.90 bits per heavy atom. The molecule has 0 unspecified atom stereocenters. The molecular weight excluding hydrogens is 294 g/mol. The lowest BCUT2D eigenvalue weighted by Gasteiger charge is -2.17. The molecule has 7 nitrogen and oxygen atoms in total. The molecular formula is C13H17N3O4S. The van der Waals surface area contributed by atoms with E-state index in [1.807, 2.05) is 6.92 Å². The van der Waals surface area contributed by atoms with Crippen LogP contribution in [0.15, 0.2) is 21.6 Å². The number of aromatic nitrogens is 2. The summed E-state index contributed by atoms with van der Waals surface area (Å²) in [5.74, 6) is -0.444. The third-order valence-corrected chi connectivity index (χ3v) is 5.45. The van der Waals surface area contributed by atoms with Crippen molar-refractivity contribution in [3.63, 3.8) is 0 Å². The second kappa shape index (κ2) is 5.03. The topological polar surface area (TPSA) is 85.4 Å². The number of hydrogen-bond acceptors (Lipinski definition) is 5. The molecule has 0 saturated heterocycles. The van der Waals surface area contributed by atoms with Gasteiger partial charge in [0, 0.05) is 19.8 Å². The molecule has 0 aliphatic carbocycles. The Morgan fingerprint density at radius 3 is 2.33 bits per heavy atom. The zero-order valence-corrected chi connectivity index (χ0v) is 13.4. The van der Waals surface area contributed by atoms with E-state index in [-0.39, 0.29) is 16.3 Å². The Labute approximate surface area is 123 Å². The summed E-state index contributed by atoms with van der Waals surface area (Å²) < 4.78 is 32.4. The van der Waals surface area contributed by atoms with Gasteiger partial charge in [-0.15, -0.1) is 0 Å². The molecule has 2 aromatic heterocycles. The van der Waals surface area contributed by atoms with Gasteiger partial charge in [-0.2, -0.15) is 0 Å². The lowest BCUT2D eigenvalue weighted by Crippen LogP contribution is -2.34. The Hall–Kier alpha value is -2.09. The largest absolute Gasteiger partial charge is 0.360 e. The molecule has 0 fully saturated rings. The first-order chi connectivity index (χ1) is 9.67. The standard InChI is InChI=1S/C13H17N3O4S/c1-8-6-7-11(15(8)4)13(17)16(5)21(18,19)12-9(2)14-20-10(12)3/h6-7H,1-5H3. The monoisotopic (exact) mass is 311 g/mol. The van der Waals surface area contributed by atoms with Crippen molar-refractivity contribution < 1.29 is 17.7 Å². The van der Waals surface area contributed by atoms with Crippen LogP contribution in [0.2, 0.25) is 0 Å². The van der Waals surface area contributed by atoms with Crippen LogP contribution in [-0.2, 0) is 17.1 Å². The van der Waals surface area contributed by atoms with Gasteiger partial charge in [0.05, 0.1) is 0 Å². The Bertz CT molecular complexity index is 782. The van der Waals surface area contributed by atoms with Crippen molar-refractivity contribution in [2.45, 2.75) is 25.7 Å². The van der Waals surface area contributed by atoms with E-state index in [1.165, 1.54) is 20.9 Å². The minimum absolute atomic E-state index is 0.0655. The minimum Gasteiger partial charge on any atom is -0.360 e. The molecule has 0 aromatic carbocycles. The third kappa shape index (κ3) is 2.35. The fourth-order valence-electron chi connectivity index (χ4n) is 2.08. The highest BCUT2D eigenvalue weighted by molar-refractivity contribution is 7.89. The average molecular weight is 311 g/mol. The summed E-state index contributed by atoms with van der Waals surface area (Å²) in [5.41, 5.74) is 1.39. The van der Waals surface area contributed by atoms with Crippen molar-refractivity contribution in [2.24, 2.45) is 7.05 Å². The fourth-order valence-corrected chi connectivity index (χ4v) is 3.47. The van der Waals surface area contributed by atoms with Gasteiger partial charge in [0.15, 0.2) is 10.7 Å². The van der Waals surface area contributed by atoms with Crippen LogP contribution in [0.25, 0.3) is 0 Å². The van der Waals surface area contributed by atoms with E-state index in [4.69, 9.17) is 4.52 Å². The van der Waals surface area contributed by atoms with Crippen LogP contribution in [0.3, 0.4) is 0 Å². The second-order valence-corrected chi connectivity index (χ2v) is 6.76. The molecule has 0 spiro atoms. The maximum absolute atomic E-state index is 12.6. The van der Waals surface area contributed by atoms with Crippen molar-refractivity contribution in [1.82, 2.24) is 14.0 Å². The molecule has 1 amide bonds. The normalized spacial score (nSPS) is 11.7. The zero-order chi connectivity index (χ0) is 15.9. The van der Waals surface area contributed by atoms with E-state index < -0.39 is 15.9 Å². The molecule has 0 aliphatic heterocycles. The van der Waals surface area contributed by atoms with Crippen LogP contribution in [0.5, 0.6) is 0 Å². The van der Waals surface area contributed by atoms with E-state index in [0.717, 1.165) is 5.69 Å². The number of hydrogen-bond donors (Lipinski definition) is 0. The number of aryl methyl sites for hydroxylation is 3. The molecule has 21 heavy (non-hydrogen) atoms. The third-order valence-electron chi connectivity index (χ3n) is 3.46. The first-order valence-electron chi connectivity index (χ1n) is 6.26. The van der Waals surface area contributed by atoms with Gasteiger partial charge < -0.3 is 9.09 Å². The number of sulfonamides is 1. The van der Waals surface area contributed by atoms with Crippen LogP contribution >= 0.6 is 0 Å². The minimum atomic E-state index is -4.00. The SMILES string of the molecule is Cc1noc(C)c1S(=O)(=O)N(C)C(=O)c1ccc(C)n1C. The van der Waals surface area contributed by atoms with Crippen LogP contribution in [0, 0.1) is 20.8 Å². The lowest BCUT2D eigenvalue weighted by atomic mass is 10.4. The molecule has 0 atom stereocenters. The summed E-state index contributed by atoms with van der Waals surface area (Å²) >= 11 is 0. The molecule has 8 heteroatoms. The molecule has 2 heterocycles. The van der Waals surface area contributed by atoms with E-state index in [0.29, 0.717) is 10.00 Å². The first-order valence-corrected chi connectivity index (χ1v) is 7.70. The van der Waals surface area contributed by atoms with E-state index in [1.54, 1.807) is 23.7 Å². The van der Waals surface area contributed by atoms with Gasteiger partial charge in [-0.25, -0.2) is 12.7 Å². The van der Waals surface area contributed by atoms with Gasteiger partial charge in [0.25, 0.3) is 15.9 Å². The number of carbonyl (C=O) groups excluding carboxylic acids is 1. The maximum Gasteiger partial charge on any atom is 0.283 e.